The molecule has 1 heterocycles. The summed E-state index contributed by atoms with van der Waals surface area (Å²) < 4.78 is 31.7. The summed E-state index contributed by atoms with van der Waals surface area (Å²) in [7, 11) is 1.63. The molecular weight excluding hydrogens is 378 g/mol. The maximum atomic E-state index is 12.6. The van der Waals surface area contributed by atoms with Crippen molar-refractivity contribution in [3.63, 3.8) is 0 Å². The van der Waals surface area contributed by atoms with Crippen LogP contribution < -0.4 is 15.4 Å². The number of nitrogens with zero attached hydrogens (tertiary/aromatic N) is 4. The van der Waals surface area contributed by atoms with Crippen LogP contribution in [0, 0.1) is 6.92 Å². The molecule has 0 atom stereocenters. The van der Waals surface area contributed by atoms with Gasteiger partial charge in [-0.15, -0.1) is 10.2 Å². The fourth-order valence-electron chi connectivity index (χ4n) is 2.80. The number of aromatic nitrogens is 3. The van der Waals surface area contributed by atoms with Crippen LogP contribution in [-0.4, -0.2) is 34.4 Å². The van der Waals surface area contributed by atoms with Gasteiger partial charge in [-0.25, -0.2) is 0 Å². The van der Waals surface area contributed by atoms with Crippen molar-refractivity contribution in [2.75, 3.05) is 7.05 Å². The highest BCUT2D eigenvalue weighted by atomic mass is 19.3. The normalized spacial score (nSPS) is 11.6. The molecule has 0 aliphatic carbocycles. The van der Waals surface area contributed by atoms with Crippen LogP contribution in [0.1, 0.15) is 17.0 Å². The third-order valence-electron chi connectivity index (χ3n) is 4.17. The maximum absolute atomic E-state index is 12.6. The Balaban J connectivity index is 1.63. The van der Waals surface area contributed by atoms with Gasteiger partial charge in [0.2, 0.25) is 0 Å². The van der Waals surface area contributed by atoms with Crippen LogP contribution in [-0.2, 0) is 13.1 Å². The van der Waals surface area contributed by atoms with Gasteiger partial charge in [0.1, 0.15) is 12.1 Å². The van der Waals surface area contributed by atoms with Gasteiger partial charge in [-0.1, -0.05) is 35.9 Å². The highest BCUT2D eigenvalue weighted by Gasteiger charge is 2.11. The number of benzene rings is 2. The highest BCUT2D eigenvalue weighted by molar-refractivity contribution is 5.79. The predicted octanol–water partition coefficient (Wildman–Crippen LogP) is 3.04. The first-order valence-corrected chi connectivity index (χ1v) is 9.00. The Morgan fingerprint density at radius 1 is 1.14 bits per heavy atom. The van der Waals surface area contributed by atoms with E-state index in [-0.39, 0.29) is 12.3 Å². The summed E-state index contributed by atoms with van der Waals surface area (Å²) >= 11 is 0. The molecule has 0 aliphatic heterocycles. The maximum Gasteiger partial charge on any atom is 0.387 e. The van der Waals surface area contributed by atoms with Crippen LogP contribution in [0.3, 0.4) is 0 Å². The second kappa shape index (κ2) is 9.63. The summed E-state index contributed by atoms with van der Waals surface area (Å²) in [5.74, 6) is 1.34. The number of aliphatic imine (C=N–C) groups is 1. The smallest absolute Gasteiger partial charge is 0.387 e. The van der Waals surface area contributed by atoms with E-state index in [1.165, 1.54) is 6.07 Å². The van der Waals surface area contributed by atoms with E-state index in [1.807, 2.05) is 41.8 Å². The van der Waals surface area contributed by atoms with E-state index >= 15 is 0 Å². The van der Waals surface area contributed by atoms with Crippen molar-refractivity contribution in [3.05, 3.63) is 71.8 Å². The number of ether oxygens (including phenoxy) is 1. The minimum atomic E-state index is -2.88. The van der Waals surface area contributed by atoms with Gasteiger partial charge < -0.3 is 15.4 Å². The largest absolute Gasteiger partial charge is 0.434 e. The molecule has 0 saturated carbocycles. The van der Waals surface area contributed by atoms with Crippen LogP contribution in [0.4, 0.5) is 8.78 Å². The number of halogens is 2. The second-order valence-corrected chi connectivity index (χ2v) is 6.22. The first-order valence-electron chi connectivity index (χ1n) is 9.00. The zero-order chi connectivity index (χ0) is 20.6. The molecule has 0 fully saturated rings. The molecule has 3 aromatic rings. The Labute approximate surface area is 167 Å². The van der Waals surface area contributed by atoms with Crippen molar-refractivity contribution in [2.45, 2.75) is 26.6 Å². The molecule has 9 heteroatoms. The summed E-state index contributed by atoms with van der Waals surface area (Å²) in [6.07, 6.45) is 1.64. The van der Waals surface area contributed by atoms with Crippen molar-refractivity contribution < 1.29 is 13.5 Å². The number of alkyl halides is 2. The van der Waals surface area contributed by atoms with Gasteiger partial charge in [-0.3, -0.25) is 9.56 Å². The van der Waals surface area contributed by atoms with Crippen molar-refractivity contribution in [1.29, 1.82) is 0 Å². The SMILES string of the molecule is CN=C(NCc1cc(C)ccc1OC(F)F)NCc1nncn1-c1ccccc1. The summed E-state index contributed by atoms with van der Waals surface area (Å²) in [5.41, 5.74) is 2.51. The van der Waals surface area contributed by atoms with E-state index in [4.69, 9.17) is 0 Å². The Morgan fingerprint density at radius 3 is 2.62 bits per heavy atom. The van der Waals surface area contributed by atoms with Crippen molar-refractivity contribution in [3.8, 4) is 11.4 Å². The molecule has 0 spiro atoms. The Bertz CT molecular complexity index is 959. The molecule has 0 unspecified atom stereocenters. The highest BCUT2D eigenvalue weighted by Crippen LogP contribution is 2.22. The van der Waals surface area contributed by atoms with Crippen molar-refractivity contribution in [1.82, 2.24) is 25.4 Å². The zero-order valence-corrected chi connectivity index (χ0v) is 16.1. The molecule has 2 aromatic carbocycles. The van der Waals surface area contributed by atoms with Crippen LogP contribution >= 0.6 is 0 Å². The molecule has 0 aliphatic rings. The number of hydrogen-bond acceptors (Lipinski definition) is 4. The predicted molar refractivity (Wildman–Crippen MR) is 106 cm³/mol. The van der Waals surface area contributed by atoms with Crippen LogP contribution in [0.25, 0.3) is 5.69 Å². The molecule has 29 heavy (non-hydrogen) atoms. The molecule has 0 amide bonds. The lowest BCUT2D eigenvalue weighted by molar-refractivity contribution is -0.0504. The van der Waals surface area contributed by atoms with Gasteiger partial charge in [0, 0.05) is 24.8 Å². The lowest BCUT2D eigenvalue weighted by Gasteiger charge is -2.15. The van der Waals surface area contributed by atoms with E-state index in [2.05, 4.69) is 30.6 Å². The lowest BCUT2D eigenvalue weighted by Crippen LogP contribution is -2.37. The van der Waals surface area contributed by atoms with E-state index in [0.717, 1.165) is 11.3 Å². The Hall–Kier alpha value is -3.49. The van der Waals surface area contributed by atoms with Gasteiger partial charge in [0.25, 0.3) is 0 Å². The quantitative estimate of drug-likeness (QED) is 0.471. The van der Waals surface area contributed by atoms with Crippen LogP contribution in [0.2, 0.25) is 0 Å². The number of rotatable bonds is 7. The molecular formula is C20H22F2N6O. The topological polar surface area (TPSA) is 76.4 Å². The molecule has 2 N–H and O–H groups in total. The number of aryl methyl sites for hydroxylation is 1. The summed E-state index contributed by atoms with van der Waals surface area (Å²) in [5, 5.41) is 14.4. The molecule has 7 nitrogen and oxygen atoms in total. The Morgan fingerprint density at radius 2 is 1.90 bits per heavy atom. The van der Waals surface area contributed by atoms with Crippen LogP contribution in [0.5, 0.6) is 5.75 Å². The number of para-hydroxylation sites is 1. The molecule has 0 saturated heterocycles. The zero-order valence-electron chi connectivity index (χ0n) is 16.1. The lowest BCUT2D eigenvalue weighted by atomic mass is 10.1. The van der Waals surface area contributed by atoms with E-state index < -0.39 is 6.61 Å². The first-order chi connectivity index (χ1) is 14.1. The summed E-state index contributed by atoms with van der Waals surface area (Å²) in [6.45, 7) is -0.338. The van der Waals surface area contributed by atoms with Crippen molar-refractivity contribution >= 4 is 5.96 Å². The fraction of sp³-hybridized carbons (Fsp3) is 0.250. The molecule has 0 radical (unpaired) electrons. The van der Waals surface area contributed by atoms with Gasteiger partial charge >= 0.3 is 6.61 Å². The Kier molecular flexibility index (Phi) is 6.72. The summed E-state index contributed by atoms with van der Waals surface area (Å²) in [6, 6.07) is 14.8. The molecule has 1 aromatic heterocycles. The number of nitrogens with one attached hydrogen (secondary N) is 2. The first kappa shape index (κ1) is 20.2. The second-order valence-electron chi connectivity index (χ2n) is 6.22. The van der Waals surface area contributed by atoms with E-state index in [9.17, 15) is 8.78 Å². The average molecular weight is 400 g/mol. The van der Waals surface area contributed by atoms with Crippen molar-refractivity contribution in [2.24, 2.45) is 4.99 Å². The molecule has 152 valence electrons. The standard InChI is InChI=1S/C20H22F2N6O/c1-14-8-9-17(29-19(21)22)15(10-14)11-24-20(23-2)25-12-18-27-26-13-28(18)16-6-4-3-5-7-16/h3-10,13,19H,11-12H2,1-2H3,(H2,23,24,25). The van der Waals surface area contributed by atoms with Gasteiger partial charge in [0.05, 0.1) is 6.54 Å². The summed E-state index contributed by atoms with van der Waals surface area (Å²) in [4.78, 5) is 4.17. The monoisotopic (exact) mass is 400 g/mol. The van der Waals surface area contributed by atoms with E-state index in [1.54, 1.807) is 25.5 Å². The molecule has 3 rings (SSSR count). The van der Waals surface area contributed by atoms with Gasteiger partial charge in [-0.05, 0) is 25.1 Å². The molecule has 0 bridgehead atoms. The number of guanidine groups is 1. The minimum Gasteiger partial charge on any atom is -0.434 e. The fourth-order valence-corrected chi connectivity index (χ4v) is 2.80. The van der Waals surface area contributed by atoms with Gasteiger partial charge in [0.15, 0.2) is 11.8 Å². The average Bonchev–Trinajstić information content (AvgIpc) is 3.19. The van der Waals surface area contributed by atoms with Crippen LogP contribution in [0.15, 0.2) is 59.9 Å². The third-order valence-corrected chi connectivity index (χ3v) is 4.17. The van der Waals surface area contributed by atoms with E-state index in [0.29, 0.717) is 23.9 Å². The third kappa shape index (κ3) is 5.50. The number of hydrogen-bond donors (Lipinski definition) is 2. The minimum absolute atomic E-state index is 0.136. The van der Waals surface area contributed by atoms with Gasteiger partial charge in [-0.2, -0.15) is 8.78 Å².